The van der Waals surface area contributed by atoms with Crippen LogP contribution in [-0.4, -0.2) is 16.5 Å². The van der Waals surface area contributed by atoms with Crippen LogP contribution < -0.4 is 5.32 Å². The number of hydrogen-bond donors (Lipinski definition) is 1. The second kappa shape index (κ2) is 7.05. The van der Waals surface area contributed by atoms with Gasteiger partial charge in [-0.25, -0.2) is 9.97 Å². The van der Waals surface area contributed by atoms with Gasteiger partial charge >= 0.3 is 0 Å². The van der Waals surface area contributed by atoms with E-state index in [0.29, 0.717) is 0 Å². The van der Waals surface area contributed by atoms with E-state index in [2.05, 4.69) is 27.4 Å². The van der Waals surface area contributed by atoms with Gasteiger partial charge in [0.2, 0.25) is 5.28 Å². The molecule has 0 aliphatic heterocycles. The fourth-order valence-corrected chi connectivity index (χ4v) is 2.43. The fraction of sp³-hybridized carbons (Fsp3) is 0.111. The number of halogens is 1. The SMILES string of the molecule is Clc1nc(NCCc2ccccc2)cc(-c2ccccc2)n1. The maximum absolute atomic E-state index is 6.03. The zero-order valence-electron chi connectivity index (χ0n) is 12.0. The molecule has 1 N–H and O–H groups in total. The minimum absolute atomic E-state index is 0.253. The molecule has 1 aromatic heterocycles. The molecule has 1 heterocycles. The molecule has 110 valence electrons. The quantitative estimate of drug-likeness (QED) is 0.707. The third-order valence-electron chi connectivity index (χ3n) is 3.33. The summed E-state index contributed by atoms with van der Waals surface area (Å²) in [6, 6.07) is 22.2. The highest BCUT2D eigenvalue weighted by molar-refractivity contribution is 6.28. The van der Waals surface area contributed by atoms with E-state index in [0.717, 1.165) is 30.0 Å². The van der Waals surface area contributed by atoms with Crippen molar-refractivity contribution in [1.29, 1.82) is 0 Å². The molecule has 0 aliphatic rings. The monoisotopic (exact) mass is 309 g/mol. The lowest BCUT2D eigenvalue weighted by Crippen LogP contribution is -2.07. The normalized spacial score (nSPS) is 10.4. The number of hydrogen-bond acceptors (Lipinski definition) is 3. The van der Waals surface area contributed by atoms with Crippen molar-refractivity contribution in [2.45, 2.75) is 6.42 Å². The minimum Gasteiger partial charge on any atom is -0.370 e. The number of nitrogens with one attached hydrogen (secondary N) is 1. The first-order valence-electron chi connectivity index (χ1n) is 7.19. The molecule has 3 rings (SSSR count). The summed E-state index contributed by atoms with van der Waals surface area (Å²) < 4.78 is 0. The summed E-state index contributed by atoms with van der Waals surface area (Å²) in [5.74, 6) is 0.745. The van der Waals surface area contributed by atoms with E-state index in [1.165, 1.54) is 5.56 Å². The Morgan fingerprint density at radius 3 is 2.27 bits per heavy atom. The Balaban J connectivity index is 1.70. The van der Waals surface area contributed by atoms with E-state index in [1.807, 2.05) is 54.6 Å². The molecule has 0 unspecified atom stereocenters. The molecule has 0 bridgehead atoms. The lowest BCUT2D eigenvalue weighted by molar-refractivity contribution is 1.00. The van der Waals surface area contributed by atoms with Crippen LogP contribution in [0.3, 0.4) is 0 Å². The van der Waals surface area contributed by atoms with Gasteiger partial charge in [-0.3, -0.25) is 0 Å². The van der Waals surface area contributed by atoms with E-state index >= 15 is 0 Å². The zero-order valence-corrected chi connectivity index (χ0v) is 12.8. The van der Waals surface area contributed by atoms with E-state index in [-0.39, 0.29) is 5.28 Å². The number of rotatable bonds is 5. The van der Waals surface area contributed by atoms with Gasteiger partial charge in [-0.2, -0.15) is 0 Å². The average molecular weight is 310 g/mol. The van der Waals surface area contributed by atoms with Crippen molar-refractivity contribution in [3.63, 3.8) is 0 Å². The fourth-order valence-electron chi connectivity index (χ4n) is 2.24. The Labute approximate surface area is 135 Å². The largest absolute Gasteiger partial charge is 0.370 e. The molecule has 0 saturated carbocycles. The van der Waals surface area contributed by atoms with Gasteiger partial charge in [0, 0.05) is 18.2 Å². The first kappa shape index (κ1) is 14.5. The Hall–Kier alpha value is -2.39. The predicted octanol–water partition coefficient (Wildman–Crippen LogP) is 4.45. The number of benzene rings is 2. The third kappa shape index (κ3) is 3.83. The Bertz CT molecular complexity index is 730. The van der Waals surface area contributed by atoms with Gasteiger partial charge in [0.1, 0.15) is 5.82 Å². The molecule has 0 spiro atoms. The van der Waals surface area contributed by atoms with Gasteiger partial charge in [-0.15, -0.1) is 0 Å². The summed E-state index contributed by atoms with van der Waals surface area (Å²) >= 11 is 6.03. The van der Waals surface area contributed by atoms with Gasteiger partial charge in [0.25, 0.3) is 0 Å². The van der Waals surface area contributed by atoms with Crippen LogP contribution in [0.25, 0.3) is 11.3 Å². The Morgan fingerprint density at radius 2 is 1.55 bits per heavy atom. The first-order valence-corrected chi connectivity index (χ1v) is 7.57. The second-order valence-corrected chi connectivity index (χ2v) is 5.27. The zero-order chi connectivity index (χ0) is 15.2. The Kier molecular flexibility index (Phi) is 4.66. The van der Waals surface area contributed by atoms with Crippen molar-refractivity contribution < 1.29 is 0 Å². The highest BCUT2D eigenvalue weighted by Gasteiger charge is 2.05. The van der Waals surface area contributed by atoms with Crippen molar-refractivity contribution in [2.24, 2.45) is 0 Å². The van der Waals surface area contributed by atoms with E-state index in [1.54, 1.807) is 0 Å². The molecule has 0 aliphatic carbocycles. The summed E-state index contributed by atoms with van der Waals surface area (Å²) in [5, 5.41) is 3.56. The van der Waals surface area contributed by atoms with Gasteiger partial charge in [0.05, 0.1) is 5.69 Å². The van der Waals surface area contributed by atoms with Crippen LogP contribution in [0.1, 0.15) is 5.56 Å². The lowest BCUT2D eigenvalue weighted by Gasteiger charge is -2.08. The molecule has 22 heavy (non-hydrogen) atoms. The van der Waals surface area contributed by atoms with Crippen molar-refractivity contribution in [2.75, 3.05) is 11.9 Å². The van der Waals surface area contributed by atoms with E-state index in [4.69, 9.17) is 11.6 Å². The van der Waals surface area contributed by atoms with Crippen LogP contribution in [0.4, 0.5) is 5.82 Å². The molecule has 0 saturated heterocycles. The van der Waals surface area contributed by atoms with Gasteiger partial charge in [-0.05, 0) is 23.6 Å². The summed E-state index contributed by atoms with van der Waals surface area (Å²) in [6.07, 6.45) is 0.934. The first-order chi connectivity index (χ1) is 10.8. The van der Waals surface area contributed by atoms with Crippen LogP contribution >= 0.6 is 11.6 Å². The standard InChI is InChI=1S/C18H16ClN3/c19-18-21-16(15-9-5-2-6-10-15)13-17(22-18)20-12-11-14-7-3-1-4-8-14/h1-10,13H,11-12H2,(H,20,21,22). The van der Waals surface area contributed by atoms with Crippen molar-refractivity contribution >= 4 is 17.4 Å². The molecule has 3 aromatic rings. The van der Waals surface area contributed by atoms with Crippen molar-refractivity contribution in [1.82, 2.24) is 9.97 Å². The number of anilines is 1. The van der Waals surface area contributed by atoms with Gasteiger partial charge in [-0.1, -0.05) is 60.7 Å². The highest BCUT2D eigenvalue weighted by atomic mass is 35.5. The lowest BCUT2D eigenvalue weighted by atomic mass is 10.1. The van der Waals surface area contributed by atoms with Crippen LogP contribution in [0.15, 0.2) is 66.7 Å². The van der Waals surface area contributed by atoms with Gasteiger partial charge in [0.15, 0.2) is 0 Å². The molecular formula is C18H16ClN3. The van der Waals surface area contributed by atoms with Crippen molar-refractivity contribution in [3.8, 4) is 11.3 Å². The maximum Gasteiger partial charge on any atom is 0.224 e. The molecular weight excluding hydrogens is 294 g/mol. The molecule has 3 nitrogen and oxygen atoms in total. The molecule has 4 heteroatoms. The molecule has 0 amide bonds. The molecule has 0 radical (unpaired) electrons. The van der Waals surface area contributed by atoms with Crippen LogP contribution in [0.5, 0.6) is 0 Å². The molecule has 2 aromatic carbocycles. The topological polar surface area (TPSA) is 37.8 Å². The Morgan fingerprint density at radius 1 is 0.864 bits per heavy atom. The number of nitrogens with zero attached hydrogens (tertiary/aromatic N) is 2. The summed E-state index contributed by atoms with van der Waals surface area (Å²) in [5.41, 5.74) is 3.14. The molecule has 0 fully saturated rings. The van der Waals surface area contributed by atoms with E-state index < -0.39 is 0 Å². The number of aromatic nitrogens is 2. The maximum atomic E-state index is 6.03. The smallest absolute Gasteiger partial charge is 0.224 e. The van der Waals surface area contributed by atoms with E-state index in [9.17, 15) is 0 Å². The van der Waals surface area contributed by atoms with Crippen LogP contribution in [-0.2, 0) is 6.42 Å². The van der Waals surface area contributed by atoms with Crippen LogP contribution in [0, 0.1) is 0 Å². The second-order valence-electron chi connectivity index (χ2n) is 4.94. The van der Waals surface area contributed by atoms with Crippen LogP contribution in [0.2, 0.25) is 5.28 Å². The third-order valence-corrected chi connectivity index (χ3v) is 3.50. The minimum atomic E-state index is 0.253. The average Bonchev–Trinajstić information content (AvgIpc) is 2.56. The van der Waals surface area contributed by atoms with Gasteiger partial charge < -0.3 is 5.32 Å². The highest BCUT2D eigenvalue weighted by Crippen LogP contribution is 2.21. The summed E-state index contributed by atoms with van der Waals surface area (Å²) in [4.78, 5) is 8.52. The predicted molar refractivity (Wildman–Crippen MR) is 91.1 cm³/mol. The summed E-state index contributed by atoms with van der Waals surface area (Å²) in [6.45, 7) is 0.797. The van der Waals surface area contributed by atoms with Crippen molar-refractivity contribution in [3.05, 3.63) is 77.6 Å². The molecule has 0 atom stereocenters. The summed E-state index contributed by atoms with van der Waals surface area (Å²) in [7, 11) is 0.